The maximum absolute atomic E-state index is 4.28. The third-order valence-electron chi connectivity index (χ3n) is 2.32. The molecule has 0 aliphatic carbocycles. The molecule has 0 aliphatic heterocycles. The normalized spacial score (nSPS) is 12.7. The number of aryl methyl sites for hydroxylation is 1. The standard InChI is InChI=1S/C10H13N5/c1-11-10(8-5-12-3-4-14-8)9-6-13-7-15(9)2/h3-7,10-11H,1-2H3. The predicted molar refractivity (Wildman–Crippen MR) is 56.1 cm³/mol. The van der Waals surface area contributed by atoms with Gasteiger partial charge in [-0.25, -0.2) is 4.98 Å². The van der Waals surface area contributed by atoms with Crippen LogP contribution in [0.1, 0.15) is 17.4 Å². The largest absolute Gasteiger partial charge is 0.336 e. The summed E-state index contributed by atoms with van der Waals surface area (Å²) >= 11 is 0. The van der Waals surface area contributed by atoms with Gasteiger partial charge in [-0.3, -0.25) is 9.97 Å². The molecule has 5 heteroatoms. The van der Waals surface area contributed by atoms with Crippen LogP contribution in [0.5, 0.6) is 0 Å². The van der Waals surface area contributed by atoms with E-state index in [4.69, 9.17) is 0 Å². The number of nitrogens with zero attached hydrogens (tertiary/aromatic N) is 4. The average molecular weight is 203 g/mol. The highest BCUT2D eigenvalue weighted by atomic mass is 15.1. The van der Waals surface area contributed by atoms with Crippen LogP contribution < -0.4 is 5.32 Å². The molecule has 0 spiro atoms. The molecule has 2 aromatic rings. The summed E-state index contributed by atoms with van der Waals surface area (Å²) in [6.45, 7) is 0. The molecule has 0 saturated heterocycles. The fourth-order valence-corrected chi connectivity index (χ4v) is 1.55. The van der Waals surface area contributed by atoms with Crippen molar-refractivity contribution in [3.8, 4) is 0 Å². The van der Waals surface area contributed by atoms with E-state index in [1.165, 1.54) is 0 Å². The van der Waals surface area contributed by atoms with Gasteiger partial charge < -0.3 is 9.88 Å². The predicted octanol–water partition coefficient (Wildman–Crippen LogP) is 0.519. The molecule has 2 aromatic heterocycles. The first-order chi connectivity index (χ1) is 7.33. The first-order valence-electron chi connectivity index (χ1n) is 4.72. The fourth-order valence-electron chi connectivity index (χ4n) is 1.55. The van der Waals surface area contributed by atoms with Crippen molar-refractivity contribution in [2.45, 2.75) is 6.04 Å². The zero-order valence-corrected chi connectivity index (χ0v) is 8.75. The van der Waals surface area contributed by atoms with E-state index in [1.54, 1.807) is 24.9 Å². The molecule has 2 rings (SSSR count). The van der Waals surface area contributed by atoms with E-state index in [1.807, 2.05) is 24.9 Å². The highest BCUT2D eigenvalue weighted by Crippen LogP contribution is 2.17. The SMILES string of the molecule is CNC(c1cnccn1)c1cncn1C. The second kappa shape index (κ2) is 4.18. The Morgan fingerprint density at radius 1 is 1.27 bits per heavy atom. The van der Waals surface area contributed by atoms with Crippen LogP contribution in [-0.2, 0) is 7.05 Å². The Bertz CT molecular complexity index is 422. The van der Waals surface area contributed by atoms with Gasteiger partial charge >= 0.3 is 0 Å². The Labute approximate surface area is 88.2 Å². The number of hydrogen-bond donors (Lipinski definition) is 1. The molecule has 0 aromatic carbocycles. The minimum atomic E-state index is 0.0335. The number of imidazole rings is 1. The highest BCUT2D eigenvalue weighted by Gasteiger charge is 2.16. The summed E-state index contributed by atoms with van der Waals surface area (Å²) in [6, 6.07) is 0.0335. The zero-order chi connectivity index (χ0) is 10.7. The van der Waals surface area contributed by atoms with Gasteiger partial charge in [-0.05, 0) is 7.05 Å². The molecule has 1 unspecified atom stereocenters. The first-order valence-corrected chi connectivity index (χ1v) is 4.72. The summed E-state index contributed by atoms with van der Waals surface area (Å²) in [7, 11) is 3.86. The second-order valence-electron chi connectivity index (χ2n) is 3.28. The molecule has 2 heterocycles. The van der Waals surface area contributed by atoms with Gasteiger partial charge in [-0.1, -0.05) is 0 Å². The molecular formula is C10H13N5. The van der Waals surface area contributed by atoms with Crippen LogP contribution in [0, 0.1) is 0 Å². The maximum Gasteiger partial charge on any atom is 0.0946 e. The molecule has 0 aliphatic rings. The van der Waals surface area contributed by atoms with Gasteiger partial charge in [-0.15, -0.1) is 0 Å². The van der Waals surface area contributed by atoms with Crippen molar-refractivity contribution in [1.29, 1.82) is 0 Å². The molecule has 78 valence electrons. The van der Waals surface area contributed by atoms with Crippen LogP contribution in [-0.4, -0.2) is 26.6 Å². The third-order valence-corrected chi connectivity index (χ3v) is 2.32. The van der Waals surface area contributed by atoms with E-state index in [2.05, 4.69) is 20.3 Å². The summed E-state index contributed by atoms with van der Waals surface area (Å²) in [6.07, 6.45) is 8.72. The van der Waals surface area contributed by atoms with E-state index < -0.39 is 0 Å². The van der Waals surface area contributed by atoms with Crippen LogP contribution in [0.4, 0.5) is 0 Å². The number of rotatable bonds is 3. The van der Waals surface area contributed by atoms with Gasteiger partial charge in [0, 0.05) is 19.4 Å². The van der Waals surface area contributed by atoms with Crippen molar-refractivity contribution in [2.75, 3.05) is 7.05 Å². The zero-order valence-electron chi connectivity index (χ0n) is 8.75. The van der Waals surface area contributed by atoms with Crippen molar-refractivity contribution in [3.05, 3.63) is 42.5 Å². The van der Waals surface area contributed by atoms with E-state index in [9.17, 15) is 0 Å². The lowest BCUT2D eigenvalue weighted by Crippen LogP contribution is -2.21. The Morgan fingerprint density at radius 2 is 2.13 bits per heavy atom. The maximum atomic E-state index is 4.28. The summed E-state index contributed by atoms with van der Waals surface area (Å²) in [5.74, 6) is 0. The van der Waals surface area contributed by atoms with E-state index in [0.29, 0.717) is 0 Å². The smallest absolute Gasteiger partial charge is 0.0946 e. The Balaban J connectivity index is 2.37. The van der Waals surface area contributed by atoms with Gasteiger partial charge in [0.2, 0.25) is 0 Å². The van der Waals surface area contributed by atoms with E-state index in [0.717, 1.165) is 11.4 Å². The van der Waals surface area contributed by atoms with Crippen molar-refractivity contribution in [1.82, 2.24) is 24.8 Å². The number of aromatic nitrogens is 4. The van der Waals surface area contributed by atoms with Crippen molar-refractivity contribution < 1.29 is 0 Å². The molecule has 0 bridgehead atoms. The molecular weight excluding hydrogens is 190 g/mol. The minimum absolute atomic E-state index is 0.0335. The van der Waals surface area contributed by atoms with Crippen LogP contribution in [0.25, 0.3) is 0 Å². The molecule has 0 radical (unpaired) electrons. The quantitative estimate of drug-likeness (QED) is 0.790. The van der Waals surface area contributed by atoms with Crippen molar-refractivity contribution >= 4 is 0 Å². The van der Waals surface area contributed by atoms with Crippen LogP contribution in [0.3, 0.4) is 0 Å². The van der Waals surface area contributed by atoms with Crippen LogP contribution >= 0.6 is 0 Å². The van der Waals surface area contributed by atoms with Gasteiger partial charge in [0.05, 0.1) is 36.2 Å². The van der Waals surface area contributed by atoms with Crippen LogP contribution in [0.2, 0.25) is 0 Å². The summed E-state index contributed by atoms with van der Waals surface area (Å²) in [5.41, 5.74) is 1.96. The topological polar surface area (TPSA) is 55.6 Å². The Hall–Kier alpha value is -1.75. The van der Waals surface area contributed by atoms with Gasteiger partial charge in [0.15, 0.2) is 0 Å². The van der Waals surface area contributed by atoms with E-state index in [-0.39, 0.29) is 6.04 Å². The summed E-state index contributed by atoms with van der Waals surface area (Å²) < 4.78 is 1.97. The van der Waals surface area contributed by atoms with Gasteiger partial charge in [0.1, 0.15) is 0 Å². The number of nitrogens with one attached hydrogen (secondary N) is 1. The molecule has 0 fully saturated rings. The van der Waals surface area contributed by atoms with E-state index >= 15 is 0 Å². The molecule has 1 N–H and O–H groups in total. The van der Waals surface area contributed by atoms with Gasteiger partial charge in [0.25, 0.3) is 0 Å². The molecule has 0 saturated carbocycles. The van der Waals surface area contributed by atoms with Crippen LogP contribution in [0.15, 0.2) is 31.1 Å². The molecule has 0 amide bonds. The first kappa shape index (κ1) is 9.79. The highest BCUT2D eigenvalue weighted by molar-refractivity contribution is 5.18. The summed E-state index contributed by atoms with van der Waals surface area (Å²) in [5, 5.41) is 3.20. The van der Waals surface area contributed by atoms with Gasteiger partial charge in [-0.2, -0.15) is 0 Å². The lowest BCUT2D eigenvalue weighted by atomic mass is 10.1. The lowest BCUT2D eigenvalue weighted by Gasteiger charge is -2.15. The average Bonchev–Trinajstić information content (AvgIpc) is 2.68. The third kappa shape index (κ3) is 1.87. The molecule has 15 heavy (non-hydrogen) atoms. The van der Waals surface area contributed by atoms with Crippen molar-refractivity contribution in [3.63, 3.8) is 0 Å². The Morgan fingerprint density at radius 3 is 2.67 bits per heavy atom. The fraction of sp³-hybridized carbons (Fsp3) is 0.300. The lowest BCUT2D eigenvalue weighted by molar-refractivity contribution is 0.619. The minimum Gasteiger partial charge on any atom is -0.336 e. The molecule has 1 atom stereocenters. The second-order valence-corrected chi connectivity index (χ2v) is 3.28. The Kier molecular flexibility index (Phi) is 2.73. The summed E-state index contributed by atoms with van der Waals surface area (Å²) in [4.78, 5) is 12.4. The number of hydrogen-bond acceptors (Lipinski definition) is 4. The van der Waals surface area contributed by atoms with Crippen molar-refractivity contribution in [2.24, 2.45) is 7.05 Å². The monoisotopic (exact) mass is 203 g/mol. The molecule has 5 nitrogen and oxygen atoms in total.